The Balaban J connectivity index is 2.19. The lowest BCUT2D eigenvalue weighted by Crippen LogP contribution is -2.42. The maximum Gasteiger partial charge on any atom is 0.126 e. The van der Waals surface area contributed by atoms with Crippen LogP contribution >= 0.6 is 0 Å². The Morgan fingerprint density at radius 2 is 2.54 bits per heavy atom. The molecule has 0 aromatic carbocycles. The van der Waals surface area contributed by atoms with Crippen molar-refractivity contribution in [1.29, 1.82) is 0 Å². The molecule has 0 saturated carbocycles. The average molecular weight is 181 g/mol. The molecule has 2 unspecified atom stereocenters. The van der Waals surface area contributed by atoms with Gasteiger partial charge in [0.25, 0.3) is 0 Å². The van der Waals surface area contributed by atoms with Gasteiger partial charge in [0.1, 0.15) is 5.82 Å². The summed E-state index contributed by atoms with van der Waals surface area (Å²) in [4.78, 5) is 9.67. The number of H-pyrrole nitrogens is 1. The van der Waals surface area contributed by atoms with Crippen LogP contribution in [0.3, 0.4) is 0 Å². The van der Waals surface area contributed by atoms with Gasteiger partial charge in [0.2, 0.25) is 0 Å². The van der Waals surface area contributed by atoms with E-state index in [9.17, 15) is 0 Å². The number of hydrogen-bond donors (Lipinski definition) is 1. The first kappa shape index (κ1) is 8.72. The molecule has 1 fully saturated rings. The van der Waals surface area contributed by atoms with Gasteiger partial charge in [-0.3, -0.25) is 4.90 Å². The number of nitrogens with zero attached hydrogens (tertiary/aromatic N) is 2. The zero-order valence-electron chi connectivity index (χ0n) is 8.03. The molecule has 0 amide bonds. The first-order valence-electron chi connectivity index (χ1n) is 4.60. The number of imidazole rings is 1. The van der Waals surface area contributed by atoms with Crippen molar-refractivity contribution in [2.24, 2.45) is 0 Å². The van der Waals surface area contributed by atoms with Crippen molar-refractivity contribution in [2.45, 2.75) is 19.1 Å². The van der Waals surface area contributed by atoms with Crippen molar-refractivity contribution >= 4 is 0 Å². The van der Waals surface area contributed by atoms with Gasteiger partial charge in [0, 0.05) is 18.9 Å². The molecule has 2 rings (SSSR count). The molecule has 1 aromatic rings. The lowest BCUT2D eigenvalue weighted by Gasteiger charge is -2.36. The van der Waals surface area contributed by atoms with Crippen LogP contribution in [0, 0.1) is 0 Å². The first-order valence-corrected chi connectivity index (χ1v) is 4.60. The summed E-state index contributed by atoms with van der Waals surface area (Å²) >= 11 is 0. The zero-order chi connectivity index (χ0) is 9.26. The molecule has 72 valence electrons. The van der Waals surface area contributed by atoms with Gasteiger partial charge in [-0.2, -0.15) is 0 Å². The molecule has 13 heavy (non-hydrogen) atoms. The molecular weight excluding hydrogens is 166 g/mol. The summed E-state index contributed by atoms with van der Waals surface area (Å²) in [6.07, 6.45) is 3.85. The summed E-state index contributed by atoms with van der Waals surface area (Å²) in [6.45, 7) is 3.87. The van der Waals surface area contributed by atoms with E-state index in [0.29, 0.717) is 0 Å². The van der Waals surface area contributed by atoms with Crippen LogP contribution in [0.5, 0.6) is 0 Å². The Hall–Kier alpha value is -0.870. The van der Waals surface area contributed by atoms with E-state index < -0.39 is 0 Å². The normalized spacial score (nSPS) is 30.6. The van der Waals surface area contributed by atoms with Crippen LogP contribution in [0.2, 0.25) is 0 Å². The van der Waals surface area contributed by atoms with E-state index >= 15 is 0 Å². The van der Waals surface area contributed by atoms with E-state index in [1.165, 1.54) is 0 Å². The minimum absolute atomic E-state index is 0.213. The van der Waals surface area contributed by atoms with Crippen LogP contribution < -0.4 is 0 Å². The Morgan fingerprint density at radius 3 is 3.15 bits per heavy atom. The average Bonchev–Trinajstić information content (AvgIpc) is 2.57. The fourth-order valence-corrected chi connectivity index (χ4v) is 1.84. The van der Waals surface area contributed by atoms with Gasteiger partial charge in [-0.15, -0.1) is 0 Å². The smallest absolute Gasteiger partial charge is 0.126 e. The van der Waals surface area contributed by atoms with Gasteiger partial charge < -0.3 is 9.72 Å². The van der Waals surface area contributed by atoms with E-state index in [2.05, 4.69) is 28.8 Å². The Bertz CT molecular complexity index is 250. The Morgan fingerprint density at radius 1 is 1.69 bits per heavy atom. The van der Waals surface area contributed by atoms with E-state index in [1.54, 1.807) is 6.20 Å². The Labute approximate surface area is 77.9 Å². The van der Waals surface area contributed by atoms with Crippen molar-refractivity contribution < 1.29 is 4.74 Å². The summed E-state index contributed by atoms with van der Waals surface area (Å²) in [5.41, 5.74) is 0. The summed E-state index contributed by atoms with van der Waals surface area (Å²) in [5.74, 6) is 0.995. The fraction of sp³-hybridized carbons (Fsp3) is 0.667. The minimum Gasteiger partial charge on any atom is -0.375 e. The number of aromatic amines is 1. The standard InChI is InChI=1S/C9H15N3O/c1-7-8(9-10-3-4-11-9)12(2)5-6-13-7/h3-4,7-8H,5-6H2,1-2H3,(H,10,11). The molecule has 0 spiro atoms. The monoisotopic (exact) mass is 181 g/mol. The van der Waals surface area contributed by atoms with Gasteiger partial charge in [0.15, 0.2) is 0 Å². The highest BCUT2D eigenvalue weighted by Crippen LogP contribution is 2.24. The topological polar surface area (TPSA) is 41.1 Å². The van der Waals surface area contributed by atoms with Crippen LogP contribution in [-0.4, -0.2) is 41.2 Å². The molecule has 4 nitrogen and oxygen atoms in total. The summed E-state index contributed by atoms with van der Waals surface area (Å²) < 4.78 is 5.58. The molecule has 1 aliphatic rings. The maximum absolute atomic E-state index is 5.58. The van der Waals surface area contributed by atoms with Crippen LogP contribution in [-0.2, 0) is 4.74 Å². The van der Waals surface area contributed by atoms with E-state index in [4.69, 9.17) is 4.74 Å². The molecular formula is C9H15N3O. The van der Waals surface area contributed by atoms with E-state index in [0.717, 1.165) is 19.0 Å². The van der Waals surface area contributed by atoms with Gasteiger partial charge in [-0.05, 0) is 14.0 Å². The molecule has 2 heterocycles. The fourth-order valence-electron chi connectivity index (χ4n) is 1.84. The van der Waals surface area contributed by atoms with Crippen molar-refractivity contribution in [3.05, 3.63) is 18.2 Å². The second-order valence-electron chi connectivity index (χ2n) is 3.48. The molecule has 1 aromatic heterocycles. The van der Waals surface area contributed by atoms with E-state index in [-0.39, 0.29) is 12.1 Å². The maximum atomic E-state index is 5.58. The molecule has 0 radical (unpaired) electrons. The number of aromatic nitrogens is 2. The predicted octanol–water partition coefficient (Wildman–Crippen LogP) is 0.801. The molecule has 4 heteroatoms. The molecule has 1 saturated heterocycles. The van der Waals surface area contributed by atoms with Gasteiger partial charge in [-0.25, -0.2) is 4.98 Å². The quantitative estimate of drug-likeness (QED) is 0.696. The van der Waals surface area contributed by atoms with Crippen molar-refractivity contribution in [1.82, 2.24) is 14.9 Å². The lowest BCUT2D eigenvalue weighted by molar-refractivity contribution is -0.0555. The molecule has 2 atom stereocenters. The third-order valence-corrected chi connectivity index (χ3v) is 2.54. The number of rotatable bonds is 1. The highest BCUT2D eigenvalue weighted by molar-refractivity contribution is 4.99. The molecule has 1 N–H and O–H groups in total. The molecule has 0 bridgehead atoms. The lowest BCUT2D eigenvalue weighted by atomic mass is 10.1. The van der Waals surface area contributed by atoms with Crippen molar-refractivity contribution in [3.63, 3.8) is 0 Å². The third-order valence-electron chi connectivity index (χ3n) is 2.54. The predicted molar refractivity (Wildman–Crippen MR) is 49.4 cm³/mol. The number of nitrogens with one attached hydrogen (secondary N) is 1. The highest BCUT2D eigenvalue weighted by Gasteiger charge is 2.29. The van der Waals surface area contributed by atoms with Gasteiger partial charge >= 0.3 is 0 Å². The minimum atomic E-state index is 0.213. The second kappa shape index (κ2) is 3.47. The summed E-state index contributed by atoms with van der Waals surface area (Å²) in [7, 11) is 2.10. The van der Waals surface area contributed by atoms with Crippen LogP contribution in [0.25, 0.3) is 0 Å². The van der Waals surface area contributed by atoms with Crippen LogP contribution in [0.1, 0.15) is 18.8 Å². The summed E-state index contributed by atoms with van der Waals surface area (Å²) in [6, 6.07) is 0.267. The largest absolute Gasteiger partial charge is 0.375 e. The van der Waals surface area contributed by atoms with Crippen molar-refractivity contribution in [3.8, 4) is 0 Å². The number of ether oxygens (including phenoxy) is 1. The van der Waals surface area contributed by atoms with Gasteiger partial charge in [-0.1, -0.05) is 0 Å². The zero-order valence-corrected chi connectivity index (χ0v) is 8.03. The first-order chi connectivity index (χ1) is 6.29. The third kappa shape index (κ3) is 1.59. The Kier molecular flexibility index (Phi) is 2.33. The number of likely N-dealkylation sites (N-methyl/N-ethyl adjacent to an activating group) is 1. The second-order valence-corrected chi connectivity index (χ2v) is 3.48. The molecule has 1 aliphatic heterocycles. The molecule has 0 aliphatic carbocycles. The van der Waals surface area contributed by atoms with Crippen LogP contribution in [0.15, 0.2) is 12.4 Å². The van der Waals surface area contributed by atoms with Crippen molar-refractivity contribution in [2.75, 3.05) is 20.2 Å². The number of morpholine rings is 1. The SMILES string of the molecule is CC1OCCN(C)C1c1ncc[nH]1. The number of hydrogen-bond acceptors (Lipinski definition) is 3. The summed E-state index contributed by atoms with van der Waals surface area (Å²) in [5, 5.41) is 0. The van der Waals surface area contributed by atoms with Crippen LogP contribution in [0.4, 0.5) is 0 Å². The van der Waals surface area contributed by atoms with Gasteiger partial charge in [0.05, 0.1) is 18.8 Å². The van der Waals surface area contributed by atoms with E-state index in [1.807, 2.05) is 6.20 Å². The highest BCUT2D eigenvalue weighted by atomic mass is 16.5.